The summed E-state index contributed by atoms with van der Waals surface area (Å²) >= 11 is 0. The van der Waals surface area contributed by atoms with E-state index in [0.717, 1.165) is 35.7 Å². The number of hydrogen-bond acceptors (Lipinski definition) is 5. The van der Waals surface area contributed by atoms with Crippen molar-refractivity contribution >= 4 is 11.7 Å². The van der Waals surface area contributed by atoms with Gasteiger partial charge in [0.2, 0.25) is 5.91 Å². The Morgan fingerprint density at radius 3 is 2.84 bits per heavy atom. The second-order valence-electron chi connectivity index (χ2n) is 7.85. The van der Waals surface area contributed by atoms with Crippen molar-refractivity contribution in [3.63, 3.8) is 0 Å². The van der Waals surface area contributed by atoms with Gasteiger partial charge in [-0.15, -0.1) is 0 Å². The van der Waals surface area contributed by atoms with Crippen LogP contribution in [0.2, 0.25) is 0 Å². The number of carbonyl (C=O) groups is 1. The van der Waals surface area contributed by atoms with Crippen molar-refractivity contribution in [3.8, 4) is 11.8 Å². The summed E-state index contributed by atoms with van der Waals surface area (Å²) in [6, 6.07) is 12.1. The summed E-state index contributed by atoms with van der Waals surface area (Å²) in [4.78, 5) is 15.0. The molecular weight excluding hydrogens is 392 g/mol. The summed E-state index contributed by atoms with van der Waals surface area (Å²) in [6.07, 6.45) is 2.51. The standard InChI is InChI=1S/C24H26N4O3/c1-16-17(2)28(14-21-5-4-10-31-21)24(22(16)12-25)26-23(29)15-27-9-8-18-6-7-20(30-3)11-19(18)13-27/h4-7,10-11H,8-9,13-15H2,1-3H3,(H,26,29). The number of nitrogens with zero attached hydrogens (tertiary/aromatic N) is 3. The van der Waals surface area contributed by atoms with Crippen LogP contribution in [0, 0.1) is 25.2 Å². The minimum absolute atomic E-state index is 0.138. The van der Waals surface area contributed by atoms with Crippen LogP contribution in [0.1, 0.15) is 33.7 Å². The Balaban J connectivity index is 1.51. The molecule has 0 fully saturated rings. The van der Waals surface area contributed by atoms with E-state index >= 15 is 0 Å². The molecule has 7 heteroatoms. The average molecular weight is 418 g/mol. The van der Waals surface area contributed by atoms with Crippen LogP contribution in [0.25, 0.3) is 0 Å². The van der Waals surface area contributed by atoms with E-state index in [2.05, 4.69) is 22.4 Å². The summed E-state index contributed by atoms with van der Waals surface area (Å²) in [6.45, 7) is 6.06. The third-order valence-electron chi connectivity index (χ3n) is 5.96. The van der Waals surface area contributed by atoms with Gasteiger partial charge in [-0.2, -0.15) is 5.26 Å². The molecule has 7 nitrogen and oxygen atoms in total. The minimum atomic E-state index is -0.138. The van der Waals surface area contributed by atoms with Crippen molar-refractivity contribution in [2.24, 2.45) is 0 Å². The largest absolute Gasteiger partial charge is 0.497 e. The van der Waals surface area contributed by atoms with Crippen LogP contribution in [-0.4, -0.2) is 35.6 Å². The first-order chi connectivity index (χ1) is 15.0. The molecule has 2 aromatic heterocycles. The topological polar surface area (TPSA) is 83.4 Å². The first-order valence-corrected chi connectivity index (χ1v) is 10.3. The van der Waals surface area contributed by atoms with Crippen LogP contribution in [0.5, 0.6) is 5.75 Å². The molecule has 0 aliphatic carbocycles. The highest BCUT2D eigenvalue weighted by atomic mass is 16.5. The molecule has 160 valence electrons. The highest BCUT2D eigenvalue weighted by Gasteiger charge is 2.23. The Morgan fingerprint density at radius 1 is 1.29 bits per heavy atom. The number of nitrogens with one attached hydrogen (secondary N) is 1. The molecule has 4 rings (SSSR count). The lowest BCUT2D eigenvalue weighted by atomic mass is 9.99. The monoisotopic (exact) mass is 418 g/mol. The first kappa shape index (κ1) is 20.8. The van der Waals surface area contributed by atoms with Crippen LogP contribution in [0.4, 0.5) is 5.82 Å². The summed E-state index contributed by atoms with van der Waals surface area (Å²) in [7, 11) is 1.66. The van der Waals surface area contributed by atoms with E-state index in [1.54, 1.807) is 13.4 Å². The molecule has 0 atom stereocenters. The fraction of sp³-hybridized carbons (Fsp3) is 0.333. The normalized spacial score (nSPS) is 13.5. The zero-order valence-electron chi connectivity index (χ0n) is 18.1. The number of benzene rings is 1. The van der Waals surface area contributed by atoms with Gasteiger partial charge in [0, 0.05) is 18.8 Å². The van der Waals surface area contributed by atoms with Gasteiger partial charge in [0.05, 0.1) is 32.0 Å². The van der Waals surface area contributed by atoms with Gasteiger partial charge < -0.3 is 19.0 Å². The summed E-state index contributed by atoms with van der Waals surface area (Å²) in [5, 5.41) is 12.7. The molecule has 0 saturated carbocycles. The maximum absolute atomic E-state index is 12.9. The van der Waals surface area contributed by atoms with Gasteiger partial charge in [0.1, 0.15) is 23.4 Å². The molecule has 0 bridgehead atoms. The predicted octanol–water partition coefficient (Wildman–Crippen LogP) is 3.62. The van der Waals surface area contributed by atoms with E-state index < -0.39 is 0 Å². The number of aromatic nitrogens is 1. The average Bonchev–Trinajstić information content (AvgIpc) is 3.36. The van der Waals surface area contributed by atoms with Gasteiger partial charge in [0.25, 0.3) is 0 Å². The Bertz CT molecular complexity index is 1140. The molecule has 0 radical (unpaired) electrons. The number of anilines is 1. The highest BCUT2D eigenvalue weighted by Crippen LogP contribution is 2.28. The van der Waals surface area contributed by atoms with Gasteiger partial charge in [-0.25, -0.2) is 0 Å². The van der Waals surface area contributed by atoms with Crippen LogP contribution in [0.3, 0.4) is 0 Å². The maximum Gasteiger partial charge on any atom is 0.239 e. The van der Waals surface area contributed by atoms with E-state index in [1.807, 2.05) is 42.7 Å². The molecule has 1 aromatic carbocycles. The summed E-state index contributed by atoms with van der Waals surface area (Å²) in [5.74, 6) is 1.98. The van der Waals surface area contributed by atoms with Crippen molar-refractivity contribution < 1.29 is 13.9 Å². The minimum Gasteiger partial charge on any atom is -0.497 e. The van der Waals surface area contributed by atoms with Gasteiger partial charge in [-0.05, 0) is 61.2 Å². The number of methoxy groups -OCH3 is 1. The lowest BCUT2D eigenvalue weighted by Gasteiger charge is -2.28. The maximum atomic E-state index is 12.9. The SMILES string of the molecule is COc1ccc2c(c1)CN(CC(=O)Nc1c(C#N)c(C)c(C)n1Cc1ccco1)CC2. The molecule has 31 heavy (non-hydrogen) atoms. The molecule has 1 aliphatic rings. The van der Waals surface area contributed by atoms with Crippen molar-refractivity contribution in [3.05, 3.63) is 70.3 Å². The Kier molecular flexibility index (Phi) is 5.83. The van der Waals surface area contributed by atoms with E-state index in [1.165, 1.54) is 11.1 Å². The van der Waals surface area contributed by atoms with Crippen LogP contribution >= 0.6 is 0 Å². The molecule has 1 amide bonds. The zero-order chi connectivity index (χ0) is 22.0. The number of rotatable bonds is 6. The van der Waals surface area contributed by atoms with Crippen molar-refractivity contribution in [1.29, 1.82) is 5.26 Å². The second-order valence-corrected chi connectivity index (χ2v) is 7.85. The van der Waals surface area contributed by atoms with Crippen molar-refractivity contribution in [2.45, 2.75) is 33.4 Å². The second kappa shape index (κ2) is 8.70. The van der Waals surface area contributed by atoms with Gasteiger partial charge in [0.15, 0.2) is 0 Å². The van der Waals surface area contributed by atoms with Crippen LogP contribution in [-0.2, 0) is 24.3 Å². The number of amides is 1. The molecule has 1 N–H and O–H groups in total. The third-order valence-corrected chi connectivity index (χ3v) is 5.96. The molecule has 1 aliphatic heterocycles. The van der Waals surface area contributed by atoms with E-state index in [0.29, 0.717) is 24.5 Å². The lowest BCUT2D eigenvalue weighted by molar-refractivity contribution is -0.117. The summed E-state index contributed by atoms with van der Waals surface area (Å²) in [5.41, 5.74) is 4.77. The number of hydrogen-bond donors (Lipinski definition) is 1. The quantitative estimate of drug-likeness (QED) is 0.661. The van der Waals surface area contributed by atoms with Crippen molar-refractivity contribution in [2.75, 3.05) is 25.5 Å². The molecule has 3 heterocycles. The van der Waals surface area contributed by atoms with Crippen LogP contribution < -0.4 is 10.1 Å². The van der Waals surface area contributed by atoms with Crippen LogP contribution in [0.15, 0.2) is 41.0 Å². The molecule has 0 unspecified atom stereocenters. The predicted molar refractivity (Wildman–Crippen MR) is 117 cm³/mol. The molecule has 0 saturated heterocycles. The Hall–Kier alpha value is -3.50. The van der Waals surface area contributed by atoms with E-state index in [-0.39, 0.29) is 12.5 Å². The Morgan fingerprint density at radius 2 is 2.13 bits per heavy atom. The summed E-state index contributed by atoms with van der Waals surface area (Å²) < 4.78 is 12.7. The zero-order valence-corrected chi connectivity index (χ0v) is 18.1. The fourth-order valence-electron chi connectivity index (χ4n) is 4.11. The third kappa shape index (κ3) is 4.21. The number of furan rings is 1. The van der Waals surface area contributed by atoms with Crippen molar-refractivity contribution in [1.82, 2.24) is 9.47 Å². The Labute approximate surface area is 181 Å². The molecule has 3 aromatic rings. The van der Waals surface area contributed by atoms with Gasteiger partial charge in [-0.1, -0.05) is 6.07 Å². The number of nitriles is 1. The number of ether oxygens (including phenoxy) is 1. The first-order valence-electron chi connectivity index (χ1n) is 10.3. The van der Waals surface area contributed by atoms with E-state index in [4.69, 9.17) is 9.15 Å². The molecule has 0 spiro atoms. The lowest BCUT2D eigenvalue weighted by Crippen LogP contribution is -2.37. The van der Waals surface area contributed by atoms with Gasteiger partial charge in [-0.3, -0.25) is 9.69 Å². The smallest absolute Gasteiger partial charge is 0.239 e. The van der Waals surface area contributed by atoms with E-state index in [9.17, 15) is 10.1 Å². The fourth-order valence-corrected chi connectivity index (χ4v) is 4.11. The highest BCUT2D eigenvalue weighted by molar-refractivity contribution is 5.93. The number of fused-ring (bicyclic) bond motifs is 1. The van der Waals surface area contributed by atoms with Gasteiger partial charge >= 0.3 is 0 Å². The molecular formula is C24H26N4O3. The number of carbonyl (C=O) groups excluding carboxylic acids is 1.